The summed E-state index contributed by atoms with van der Waals surface area (Å²) in [5.41, 5.74) is 5.07. The van der Waals surface area contributed by atoms with Crippen molar-refractivity contribution in [3.8, 4) is 0 Å². The zero-order valence-electron chi connectivity index (χ0n) is 6.56. The Morgan fingerprint density at radius 3 is 2.08 bits per heavy atom. The van der Waals surface area contributed by atoms with Gasteiger partial charge in [0.25, 0.3) is 0 Å². The van der Waals surface area contributed by atoms with Gasteiger partial charge in [0, 0.05) is 6.54 Å². The first-order valence-electron chi connectivity index (χ1n) is 3.48. The Morgan fingerprint density at radius 2 is 1.58 bits per heavy atom. The highest BCUT2D eigenvalue weighted by Crippen LogP contribution is 2.13. The van der Waals surface area contributed by atoms with Crippen LogP contribution in [-0.2, 0) is 9.47 Å². The average molecular weight is 187 g/mol. The van der Waals surface area contributed by atoms with E-state index >= 15 is 0 Å². The predicted molar refractivity (Wildman–Crippen MR) is 36.7 cm³/mol. The Labute approximate surface area is 68.6 Å². The van der Waals surface area contributed by atoms with Gasteiger partial charge in [-0.2, -0.15) is 13.2 Å². The van der Waals surface area contributed by atoms with E-state index in [9.17, 15) is 13.2 Å². The Kier molecular flexibility index (Phi) is 6.04. The number of ether oxygens (including phenoxy) is 2. The zero-order valence-corrected chi connectivity index (χ0v) is 6.56. The summed E-state index contributed by atoms with van der Waals surface area (Å²) < 4.78 is 43.4. The van der Waals surface area contributed by atoms with Gasteiger partial charge in [0.15, 0.2) is 0 Å². The molecule has 0 aliphatic heterocycles. The summed E-state index contributed by atoms with van der Waals surface area (Å²) in [5.74, 6) is 0. The highest BCUT2D eigenvalue weighted by atomic mass is 19.4. The van der Waals surface area contributed by atoms with E-state index in [2.05, 4.69) is 4.74 Å². The second-order valence-corrected chi connectivity index (χ2v) is 2.07. The first kappa shape index (κ1) is 11.7. The number of halogens is 3. The summed E-state index contributed by atoms with van der Waals surface area (Å²) in [7, 11) is 0. The summed E-state index contributed by atoms with van der Waals surface area (Å²) in [5, 5.41) is 0. The highest BCUT2D eigenvalue weighted by molar-refractivity contribution is 4.45. The number of hydrogen-bond acceptors (Lipinski definition) is 3. The van der Waals surface area contributed by atoms with E-state index in [0.29, 0.717) is 13.2 Å². The van der Waals surface area contributed by atoms with Gasteiger partial charge in [-0.15, -0.1) is 0 Å². The summed E-state index contributed by atoms with van der Waals surface area (Å²) >= 11 is 0. The molecular formula is C6H12F3NO2. The van der Waals surface area contributed by atoms with Crippen LogP contribution >= 0.6 is 0 Å². The Balaban J connectivity index is 3.01. The maximum absolute atomic E-state index is 11.4. The maximum atomic E-state index is 11.4. The van der Waals surface area contributed by atoms with Gasteiger partial charge in [-0.25, -0.2) is 0 Å². The van der Waals surface area contributed by atoms with Crippen molar-refractivity contribution in [2.75, 3.05) is 33.0 Å². The standard InChI is InChI=1S/C6H12F3NO2/c7-6(8,9)5-12-4-3-11-2-1-10/h1-5,10H2. The van der Waals surface area contributed by atoms with Crippen molar-refractivity contribution in [1.82, 2.24) is 0 Å². The molecule has 0 heterocycles. The smallest absolute Gasteiger partial charge is 0.378 e. The molecule has 0 aliphatic rings. The van der Waals surface area contributed by atoms with Crippen LogP contribution in [0.1, 0.15) is 0 Å². The molecule has 0 aliphatic carbocycles. The predicted octanol–water partition coefficient (Wildman–Crippen LogP) is 0.541. The lowest BCUT2D eigenvalue weighted by Gasteiger charge is -2.07. The molecule has 0 unspecified atom stereocenters. The zero-order chi connectivity index (χ0) is 9.45. The molecule has 74 valence electrons. The summed E-state index contributed by atoms with van der Waals surface area (Å²) in [6, 6.07) is 0. The monoisotopic (exact) mass is 187 g/mol. The molecule has 0 fully saturated rings. The molecule has 0 aromatic heterocycles. The van der Waals surface area contributed by atoms with Crippen LogP contribution < -0.4 is 5.73 Å². The minimum absolute atomic E-state index is 0.0560. The molecule has 3 nitrogen and oxygen atoms in total. The van der Waals surface area contributed by atoms with E-state index in [1.54, 1.807) is 0 Å². The molecular weight excluding hydrogens is 175 g/mol. The quantitative estimate of drug-likeness (QED) is 0.617. The van der Waals surface area contributed by atoms with Gasteiger partial charge in [0.05, 0.1) is 19.8 Å². The van der Waals surface area contributed by atoms with Crippen LogP contribution in [0.25, 0.3) is 0 Å². The van der Waals surface area contributed by atoms with E-state index in [-0.39, 0.29) is 13.2 Å². The van der Waals surface area contributed by atoms with Crippen LogP contribution in [-0.4, -0.2) is 39.1 Å². The lowest BCUT2D eigenvalue weighted by Crippen LogP contribution is -2.19. The molecule has 0 aromatic rings. The minimum atomic E-state index is -4.26. The van der Waals surface area contributed by atoms with Gasteiger partial charge in [0.2, 0.25) is 0 Å². The molecule has 2 N–H and O–H groups in total. The number of nitrogens with two attached hydrogens (primary N) is 1. The van der Waals surface area contributed by atoms with Gasteiger partial charge >= 0.3 is 6.18 Å². The van der Waals surface area contributed by atoms with Crippen molar-refractivity contribution in [3.63, 3.8) is 0 Å². The Bertz CT molecular complexity index is 107. The van der Waals surface area contributed by atoms with E-state index in [1.165, 1.54) is 0 Å². The third-order valence-corrected chi connectivity index (χ3v) is 0.900. The van der Waals surface area contributed by atoms with E-state index in [1.807, 2.05) is 0 Å². The molecule has 0 bridgehead atoms. The Hall–Kier alpha value is -0.330. The van der Waals surface area contributed by atoms with Crippen LogP contribution in [0.15, 0.2) is 0 Å². The molecule has 0 aromatic carbocycles. The number of hydrogen-bond donors (Lipinski definition) is 1. The van der Waals surface area contributed by atoms with Crippen molar-refractivity contribution in [3.05, 3.63) is 0 Å². The Morgan fingerprint density at radius 1 is 1.00 bits per heavy atom. The van der Waals surface area contributed by atoms with E-state index in [4.69, 9.17) is 10.5 Å². The van der Waals surface area contributed by atoms with Gasteiger partial charge in [-0.3, -0.25) is 0 Å². The van der Waals surface area contributed by atoms with Crippen molar-refractivity contribution in [1.29, 1.82) is 0 Å². The van der Waals surface area contributed by atoms with Gasteiger partial charge in [-0.05, 0) is 0 Å². The van der Waals surface area contributed by atoms with Gasteiger partial charge in [-0.1, -0.05) is 0 Å². The van der Waals surface area contributed by atoms with Crippen LogP contribution in [0.2, 0.25) is 0 Å². The summed E-state index contributed by atoms with van der Waals surface area (Å²) in [6.45, 7) is -0.430. The third kappa shape index (κ3) is 9.67. The van der Waals surface area contributed by atoms with Crippen LogP contribution in [0.3, 0.4) is 0 Å². The maximum Gasteiger partial charge on any atom is 0.411 e. The summed E-state index contributed by atoms with van der Waals surface area (Å²) in [4.78, 5) is 0. The summed E-state index contributed by atoms with van der Waals surface area (Å²) in [6.07, 6.45) is -4.26. The van der Waals surface area contributed by atoms with Gasteiger partial charge in [0.1, 0.15) is 6.61 Å². The van der Waals surface area contributed by atoms with Crippen molar-refractivity contribution >= 4 is 0 Å². The molecule has 0 amide bonds. The fraction of sp³-hybridized carbons (Fsp3) is 1.00. The third-order valence-electron chi connectivity index (χ3n) is 0.900. The molecule has 0 saturated heterocycles. The first-order valence-corrected chi connectivity index (χ1v) is 3.48. The highest BCUT2D eigenvalue weighted by Gasteiger charge is 2.27. The first-order chi connectivity index (χ1) is 5.56. The topological polar surface area (TPSA) is 44.5 Å². The lowest BCUT2D eigenvalue weighted by molar-refractivity contribution is -0.176. The second kappa shape index (κ2) is 6.22. The largest absolute Gasteiger partial charge is 0.411 e. The molecule has 0 atom stereocenters. The molecule has 0 saturated carbocycles. The van der Waals surface area contributed by atoms with Gasteiger partial charge < -0.3 is 15.2 Å². The average Bonchev–Trinajstić information content (AvgIpc) is 1.94. The van der Waals surface area contributed by atoms with Crippen molar-refractivity contribution < 1.29 is 22.6 Å². The molecule has 12 heavy (non-hydrogen) atoms. The van der Waals surface area contributed by atoms with Crippen LogP contribution in [0, 0.1) is 0 Å². The number of alkyl halides is 3. The van der Waals surface area contributed by atoms with Crippen molar-refractivity contribution in [2.24, 2.45) is 5.73 Å². The molecule has 0 spiro atoms. The number of rotatable bonds is 6. The minimum Gasteiger partial charge on any atom is -0.378 e. The normalized spacial score (nSPS) is 12.0. The second-order valence-electron chi connectivity index (χ2n) is 2.07. The fourth-order valence-corrected chi connectivity index (χ4v) is 0.491. The van der Waals surface area contributed by atoms with E-state index < -0.39 is 12.8 Å². The molecule has 6 heteroatoms. The fourth-order valence-electron chi connectivity index (χ4n) is 0.491. The van der Waals surface area contributed by atoms with Crippen molar-refractivity contribution in [2.45, 2.75) is 6.18 Å². The SMILES string of the molecule is NCCOCCOCC(F)(F)F. The van der Waals surface area contributed by atoms with E-state index in [0.717, 1.165) is 0 Å². The van der Waals surface area contributed by atoms with Crippen LogP contribution in [0.4, 0.5) is 13.2 Å². The van der Waals surface area contributed by atoms with Crippen LogP contribution in [0.5, 0.6) is 0 Å². The molecule has 0 radical (unpaired) electrons. The molecule has 0 rings (SSSR count). The lowest BCUT2D eigenvalue weighted by atomic mass is 10.7.